The van der Waals surface area contributed by atoms with Gasteiger partial charge in [-0.25, -0.2) is 13.3 Å². The fraction of sp³-hybridized carbons (Fsp3) is 0.391. The van der Waals surface area contributed by atoms with Crippen molar-refractivity contribution in [3.8, 4) is 17.2 Å². The van der Waals surface area contributed by atoms with Crippen LogP contribution in [-0.2, 0) is 19.6 Å². The third kappa shape index (κ3) is 4.33. The second-order valence-electron chi connectivity index (χ2n) is 8.35. The maximum atomic E-state index is 13.2. The average molecular weight is 522 g/mol. The first-order chi connectivity index (χ1) is 16.8. The number of fused-ring (bicyclic) bond motifs is 1. The van der Waals surface area contributed by atoms with Crippen LogP contribution in [0.5, 0.6) is 17.2 Å². The number of halogens is 1. The van der Waals surface area contributed by atoms with Gasteiger partial charge in [0, 0.05) is 37.3 Å². The molecule has 3 aliphatic rings. The lowest BCUT2D eigenvalue weighted by molar-refractivity contribution is -0.123. The third-order valence-corrected chi connectivity index (χ3v) is 8.50. The number of hydrogen-bond donors (Lipinski definition) is 0. The van der Waals surface area contributed by atoms with Crippen molar-refractivity contribution in [2.45, 2.75) is 17.4 Å². The lowest BCUT2D eigenvalue weighted by Gasteiger charge is -2.36. The molecule has 35 heavy (non-hydrogen) atoms. The van der Waals surface area contributed by atoms with Crippen LogP contribution in [0.1, 0.15) is 6.42 Å². The summed E-state index contributed by atoms with van der Waals surface area (Å²) in [5.41, 5.74) is 0.303. The van der Waals surface area contributed by atoms with Gasteiger partial charge in [-0.3, -0.25) is 14.5 Å². The van der Waals surface area contributed by atoms with Crippen molar-refractivity contribution < 1.29 is 32.2 Å². The van der Waals surface area contributed by atoms with Crippen LogP contribution >= 0.6 is 11.6 Å². The van der Waals surface area contributed by atoms with Crippen LogP contribution in [-0.4, -0.2) is 82.0 Å². The van der Waals surface area contributed by atoms with E-state index in [0.29, 0.717) is 54.3 Å². The molecule has 0 saturated carbocycles. The van der Waals surface area contributed by atoms with E-state index in [-0.39, 0.29) is 36.2 Å². The van der Waals surface area contributed by atoms with Crippen LogP contribution in [0.3, 0.4) is 0 Å². The van der Waals surface area contributed by atoms with Crippen molar-refractivity contribution >= 4 is 39.1 Å². The van der Waals surface area contributed by atoms with Gasteiger partial charge in [0.1, 0.15) is 19.0 Å². The Balaban J connectivity index is 1.29. The molecule has 12 heteroatoms. The van der Waals surface area contributed by atoms with Crippen molar-refractivity contribution in [2.24, 2.45) is 0 Å². The number of sulfonamides is 1. The van der Waals surface area contributed by atoms with Gasteiger partial charge in [-0.05, 0) is 30.3 Å². The van der Waals surface area contributed by atoms with Gasteiger partial charge in [-0.15, -0.1) is 0 Å². The summed E-state index contributed by atoms with van der Waals surface area (Å²) in [4.78, 5) is 29.1. The minimum atomic E-state index is -3.76. The predicted molar refractivity (Wildman–Crippen MR) is 127 cm³/mol. The monoisotopic (exact) mass is 521 g/mol. The van der Waals surface area contributed by atoms with Crippen LogP contribution in [0, 0.1) is 0 Å². The molecule has 2 aromatic carbocycles. The first-order valence-corrected chi connectivity index (χ1v) is 13.0. The molecule has 3 heterocycles. The van der Waals surface area contributed by atoms with Crippen molar-refractivity contribution in [3.05, 3.63) is 41.4 Å². The molecule has 10 nitrogen and oxygen atoms in total. The van der Waals surface area contributed by atoms with Crippen molar-refractivity contribution in [2.75, 3.05) is 51.4 Å². The van der Waals surface area contributed by atoms with Crippen molar-refractivity contribution in [1.29, 1.82) is 0 Å². The predicted octanol–water partition coefficient (Wildman–Crippen LogP) is 1.76. The number of imide groups is 1. The Hall–Kier alpha value is -2.86. The molecule has 2 fully saturated rings. The van der Waals surface area contributed by atoms with E-state index in [1.165, 1.54) is 29.6 Å². The Morgan fingerprint density at radius 1 is 0.971 bits per heavy atom. The molecule has 0 aliphatic carbocycles. The topological polar surface area (TPSA) is 106 Å². The molecule has 5 rings (SSSR count). The number of ether oxygens (including phenoxy) is 3. The molecule has 0 unspecified atom stereocenters. The number of methoxy groups -OCH3 is 1. The number of nitrogens with zero attached hydrogens (tertiary/aromatic N) is 3. The summed E-state index contributed by atoms with van der Waals surface area (Å²) in [5, 5.41) is 0.378. The van der Waals surface area contributed by atoms with Gasteiger partial charge < -0.3 is 14.2 Å². The van der Waals surface area contributed by atoms with Crippen LogP contribution in [0.4, 0.5) is 5.69 Å². The summed E-state index contributed by atoms with van der Waals surface area (Å²) >= 11 is 6.09. The maximum absolute atomic E-state index is 13.2. The van der Waals surface area contributed by atoms with Gasteiger partial charge in [-0.2, -0.15) is 4.31 Å². The molecule has 2 saturated heterocycles. The van der Waals surface area contributed by atoms with E-state index in [9.17, 15) is 18.0 Å². The van der Waals surface area contributed by atoms with Crippen LogP contribution in [0.15, 0.2) is 41.3 Å². The minimum Gasteiger partial charge on any atom is -0.495 e. The fourth-order valence-corrected chi connectivity index (χ4v) is 6.19. The van der Waals surface area contributed by atoms with Gasteiger partial charge in [0.25, 0.3) is 5.91 Å². The Morgan fingerprint density at radius 3 is 2.40 bits per heavy atom. The number of rotatable bonds is 5. The highest BCUT2D eigenvalue weighted by atomic mass is 35.5. The number of hydrogen-bond acceptors (Lipinski definition) is 8. The number of carbonyl (C=O) groups is 2. The van der Waals surface area contributed by atoms with Gasteiger partial charge in [-0.1, -0.05) is 11.6 Å². The number of piperazine rings is 1. The molecule has 0 bridgehead atoms. The van der Waals surface area contributed by atoms with Gasteiger partial charge >= 0.3 is 0 Å². The Kier molecular flexibility index (Phi) is 6.34. The van der Waals surface area contributed by atoms with Crippen LogP contribution in [0.2, 0.25) is 5.02 Å². The fourth-order valence-electron chi connectivity index (χ4n) is 4.58. The highest BCUT2D eigenvalue weighted by molar-refractivity contribution is 7.89. The van der Waals surface area contributed by atoms with Crippen LogP contribution in [0.25, 0.3) is 0 Å². The van der Waals surface area contributed by atoms with Gasteiger partial charge in [0.05, 0.1) is 30.2 Å². The third-order valence-electron chi connectivity index (χ3n) is 6.37. The summed E-state index contributed by atoms with van der Waals surface area (Å²) < 4.78 is 44.1. The molecule has 0 radical (unpaired) electrons. The molecule has 0 N–H and O–H groups in total. The highest BCUT2D eigenvalue weighted by Crippen LogP contribution is 2.36. The van der Waals surface area contributed by atoms with Gasteiger partial charge in [0.15, 0.2) is 11.5 Å². The van der Waals surface area contributed by atoms with E-state index in [1.807, 2.05) is 4.90 Å². The molecular formula is C23H24ClN3O7S. The van der Waals surface area contributed by atoms with Crippen molar-refractivity contribution in [1.82, 2.24) is 9.21 Å². The number of benzene rings is 2. The smallest absolute Gasteiger partial charge is 0.251 e. The lowest BCUT2D eigenvalue weighted by Crippen LogP contribution is -2.53. The molecule has 186 valence electrons. The van der Waals surface area contributed by atoms with E-state index in [4.69, 9.17) is 25.8 Å². The van der Waals surface area contributed by atoms with Crippen LogP contribution < -0.4 is 19.1 Å². The molecule has 2 amide bonds. The zero-order valence-electron chi connectivity index (χ0n) is 19.0. The average Bonchev–Trinajstić information content (AvgIpc) is 3.17. The molecular weight excluding hydrogens is 498 g/mol. The first kappa shape index (κ1) is 23.9. The number of anilines is 1. The maximum Gasteiger partial charge on any atom is 0.251 e. The Labute approximate surface area is 207 Å². The normalized spacial score (nSPS) is 21.4. The molecule has 0 spiro atoms. The Morgan fingerprint density at radius 2 is 1.69 bits per heavy atom. The minimum absolute atomic E-state index is 0.00338. The summed E-state index contributed by atoms with van der Waals surface area (Å²) in [6, 6.07) is 8.65. The van der Waals surface area contributed by atoms with E-state index in [0.717, 1.165) is 4.90 Å². The van der Waals surface area contributed by atoms with E-state index >= 15 is 0 Å². The zero-order chi connectivity index (χ0) is 24.7. The molecule has 1 atom stereocenters. The summed E-state index contributed by atoms with van der Waals surface area (Å²) in [5.74, 6) is 0.561. The largest absolute Gasteiger partial charge is 0.495 e. The summed E-state index contributed by atoms with van der Waals surface area (Å²) in [6.07, 6.45) is 0.00338. The Bertz CT molecular complexity index is 1280. The zero-order valence-corrected chi connectivity index (χ0v) is 20.5. The quantitative estimate of drug-likeness (QED) is 0.548. The van der Waals surface area contributed by atoms with E-state index in [2.05, 4.69) is 0 Å². The van der Waals surface area contributed by atoms with E-state index in [1.54, 1.807) is 18.2 Å². The SMILES string of the molecule is COc1ccc(Cl)cc1N1C(=O)C[C@@H](N2CCN(S(=O)(=O)c3ccc4c(c3)OCCO4)CC2)C1=O. The number of amides is 2. The summed E-state index contributed by atoms with van der Waals surface area (Å²) in [6.45, 7) is 1.79. The molecule has 2 aromatic rings. The standard InChI is InChI=1S/C23H24ClN3O7S/c1-32-19-4-2-15(24)12-17(19)27-22(28)14-18(23(27)29)25-6-8-26(9-7-25)35(30,31)16-3-5-20-21(13-16)34-11-10-33-20/h2-5,12-13,18H,6-11,14H2,1H3/t18-/m1/s1. The summed E-state index contributed by atoms with van der Waals surface area (Å²) in [7, 11) is -2.30. The first-order valence-electron chi connectivity index (χ1n) is 11.1. The molecule has 3 aliphatic heterocycles. The van der Waals surface area contributed by atoms with E-state index < -0.39 is 16.1 Å². The highest BCUT2D eigenvalue weighted by Gasteiger charge is 2.45. The lowest BCUT2D eigenvalue weighted by atomic mass is 10.2. The second kappa shape index (κ2) is 9.30. The second-order valence-corrected chi connectivity index (χ2v) is 10.7. The van der Waals surface area contributed by atoms with Gasteiger partial charge in [0.2, 0.25) is 15.9 Å². The number of carbonyl (C=O) groups excluding carboxylic acids is 2. The van der Waals surface area contributed by atoms with Crippen molar-refractivity contribution in [3.63, 3.8) is 0 Å². The molecule has 0 aromatic heterocycles.